The summed E-state index contributed by atoms with van der Waals surface area (Å²) in [6.45, 7) is 11.9. The maximum atomic E-state index is 10.0. The van der Waals surface area contributed by atoms with E-state index in [-0.39, 0.29) is 5.41 Å². The number of hydrogen-bond donors (Lipinski definition) is 2. The number of aliphatic hydroxyl groups is 1. The molecule has 4 unspecified atom stereocenters. The molecule has 1 rings (SSSR count). The van der Waals surface area contributed by atoms with E-state index in [0.29, 0.717) is 18.7 Å². The molecule has 1 aliphatic rings. The number of ether oxygens (including phenoxy) is 1. The highest BCUT2D eigenvalue weighted by molar-refractivity contribution is 5.05. The molecule has 1 aliphatic carbocycles. The molecule has 1 fully saturated rings. The second-order valence-corrected chi connectivity index (χ2v) is 5.82. The minimum Gasteiger partial charge on any atom is -0.389 e. The van der Waals surface area contributed by atoms with E-state index in [1.165, 1.54) is 0 Å². The average Bonchev–Trinajstić information content (AvgIpc) is 2.31. The lowest BCUT2D eigenvalue weighted by Gasteiger charge is -2.54. The third-order valence-corrected chi connectivity index (χ3v) is 4.60. The summed E-state index contributed by atoms with van der Waals surface area (Å²) in [7, 11) is 0. The van der Waals surface area contributed by atoms with Crippen LogP contribution in [0.4, 0.5) is 0 Å². The summed E-state index contributed by atoms with van der Waals surface area (Å²) in [6.07, 6.45) is 3.34. The number of nitrogens with one attached hydrogen (secondary N) is 1. The lowest BCUT2D eigenvalue weighted by atomic mass is 9.61. The van der Waals surface area contributed by atoms with E-state index >= 15 is 0 Å². The van der Waals surface area contributed by atoms with Gasteiger partial charge in [0.25, 0.3) is 0 Å². The highest BCUT2D eigenvalue weighted by Crippen LogP contribution is 2.45. The largest absolute Gasteiger partial charge is 0.389 e. The van der Waals surface area contributed by atoms with Crippen LogP contribution in [0.2, 0.25) is 0 Å². The summed E-state index contributed by atoms with van der Waals surface area (Å²) in [5, 5.41) is 13.5. The molecule has 3 heteroatoms. The van der Waals surface area contributed by atoms with Gasteiger partial charge in [0.05, 0.1) is 11.7 Å². The average molecular weight is 243 g/mol. The van der Waals surface area contributed by atoms with E-state index in [4.69, 9.17) is 4.74 Å². The Bertz CT molecular complexity index is 242. The molecule has 0 spiro atoms. The monoisotopic (exact) mass is 243 g/mol. The molecule has 0 aromatic rings. The second-order valence-electron chi connectivity index (χ2n) is 5.82. The summed E-state index contributed by atoms with van der Waals surface area (Å²) < 4.78 is 5.77. The summed E-state index contributed by atoms with van der Waals surface area (Å²) in [5.41, 5.74) is -0.370. The van der Waals surface area contributed by atoms with Gasteiger partial charge in [-0.15, -0.1) is 0 Å². The summed E-state index contributed by atoms with van der Waals surface area (Å²) >= 11 is 0. The van der Waals surface area contributed by atoms with Crippen molar-refractivity contribution >= 4 is 0 Å². The molecule has 2 N–H and O–H groups in total. The maximum absolute atomic E-state index is 10.0. The molecule has 0 heterocycles. The van der Waals surface area contributed by atoms with Crippen LogP contribution in [-0.2, 0) is 4.74 Å². The van der Waals surface area contributed by atoms with E-state index < -0.39 is 5.60 Å². The zero-order valence-electron chi connectivity index (χ0n) is 12.0. The van der Waals surface area contributed by atoms with Crippen molar-refractivity contribution in [1.29, 1.82) is 0 Å². The Balaban J connectivity index is 2.46. The fourth-order valence-corrected chi connectivity index (χ4v) is 2.53. The third-order valence-electron chi connectivity index (χ3n) is 4.60. The maximum Gasteiger partial charge on any atom is 0.0741 e. The van der Waals surface area contributed by atoms with Gasteiger partial charge in [-0.25, -0.2) is 0 Å². The first-order chi connectivity index (χ1) is 7.89. The van der Waals surface area contributed by atoms with Gasteiger partial charge in [0, 0.05) is 24.6 Å². The molecule has 17 heavy (non-hydrogen) atoms. The minimum absolute atomic E-state index is 0.222. The fourth-order valence-electron chi connectivity index (χ4n) is 2.53. The highest BCUT2D eigenvalue weighted by Gasteiger charge is 2.51. The summed E-state index contributed by atoms with van der Waals surface area (Å²) in [5.74, 6) is 0. The van der Waals surface area contributed by atoms with Crippen molar-refractivity contribution in [3.63, 3.8) is 0 Å². The molecule has 3 nitrogen and oxygen atoms in total. The molecule has 0 saturated heterocycles. The van der Waals surface area contributed by atoms with E-state index in [9.17, 15) is 5.11 Å². The van der Waals surface area contributed by atoms with Crippen LogP contribution in [0.1, 0.15) is 53.9 Å². The van der Waals surface area contributed by atoms with Crippen molar-refractivity contribution in [1.82, 2.24) is 5.32 Å². The van der Waals surface area contributed by atoms with Crippen molar-refractivity contribution < 1.29 is 9.84 Å². The van der Waals surface area contributed by atoms with E-state index in [1.807, 2.05) is 13.8 Å². The van der Waals surface area contributed by atoms with Gasteiger partial charge in [-0.3, -0.25) is 0 Å². The van der Waals surface area contributed by atoms with E-state index in [2.05, 4.69) is 26.1 Å². The predicted octanol–water partition coefficient (Wildman–Crippen LogP) is 2.33. The molecule has 0 aromatic carbocycles. The van der Waals surface area contributed by atoms with E-state index in [0.717, 1.165) is 25.9 Å². The number of hydrogen-bond acceptors (Lipinski definition) is 3. The Morgan fingerprint density at radius 1 is 1.41 bits per heavy atom. The van der Waals surface area contributed by atoms with Gasteiger partial charge in [0.1, 0.15) is 0 Å². The zero-order valence-corrected chi connectivity index (χ0v) is 12.0. The molecular formula is C14H29NO2. The Morgan fingerprint density at radius 3 is 2.53 bits per heavy atom. The molecule has 1 saturated carbocycles. The topological polar surface area (TPSA) is 41.5 Å². The van der Waals surface area contributed by atoms with Crippen molar-refractivity contribution in [3.8, 4) is 0 Å². The molecule has 102 valence electrons. The van der Waals surface area contributed by atoms with Gasteiger partial charge in [-0.05, 0) is 33.1 Å². The summed E-state index contributed by atoms with van der Waals surface area (Å²) in [6, 6.07) is 0.474. The van der Waals surface area contributed by atoms with Crippen molar-refractivity contribution in [2.24, 2.45) is 5.41 Å². The fraction of sp³-hybridized carbons (Fsp3) is 1.00. The van der Waals surface area contributed by atoms with Crippen LogP contribution in [0.15, 0.2) is 0 Å². The zero-order chi connectivity index (χ0) is 13.1. The summed E-state index contributed by atoms with van der Waals surface area (Å²) in [4.78, 5) is 0. The van der Waals surface area contributed by atoms with Crippen LogP contribution in [0, 0.1) is 5.41 Å². The van der Waals surface area contributed by atoms with Crippen LogP contribution in [-0.4, -0.2) is 36.0 Å². The quantitative estimate of drug-likeness (QED) is 0.721. The normalized spacial score (nSPS) is 36.4. The Hall–Kier alpha value is -0.120. The van der Waals surface area contributed by atoms with Crippen molar-refractivity contribution in [3.05, 3.63) is 0 Å². The Labute approximate surface area is 106 Å². The molecular weight excluding hydrogens is 214 g/mol. The molecule has 0 amide bonds. The van der Waals surface area contributed by atoms with Crippen LogP contribution in [0.3, 0.4) is 0 Å². The first-order valence-corrected chi connectivity index (χ1v) is 6.97. The molecule has 0 aromatic heterocycles. The van der Waals surface area contributed by atoms with Gasteiger partial charge >= 0.3 is 0 Å². The van der Waals surface area contributed by atoms with Gasteiger partial charge in [0.15, 0.2) is 0 Å². The second kappa shape index (κ2) is 5.68. The standard InChI is InChI=1S/C14H29NO2/c1-6-13(4,16)10-15-11-9-12(17-8-3)14(11,5)7-2/h11-12,15-16H,6-10H2,1-5H3. The van der Waals surface area contributed by atoms with Crippen LogP contribution in [0.25, 0.3) is 0 Å². The van der Waals surface area contributed by atoms with Crippen LogP contribution < -0.4 is 5.32 Å². The SMILES string of the molecule is CCOC1CC(NCC(C)(O)CC)C1(C)CC. The van der Waals surface area contributed by atoms with Crippen molar-refractivity contribution in [2.45, 2.75) is 71.6 Å². The lowest BCUT2D eigenvalue weighted by Crippen LogP contribution is -2.63. The van der Waals surface area contributed by atoms with Crippen LogP contribution >= 0.6 is 0 Å². The Kier molecular flexibility index (Phi) is 4.99. The lowest BCUT2D eigenvalue weighted by molar-refractivity contribution is -0.129. The molecule has 4 atom stereocenters. The molecule has 0 radical (unpaired) electrons. The predicted molar refractivity (Wildman–Crippen MR) is 71.1 cm³/mol. The van der Waals surface area contributed by atoms with Crippen LogP contribution in [0.5, 0.6) is 0 Å². The van der Waals surface area contributed by atoms with Gasteiger partial charge in [0.2, 0.25) is 0 Å². The van der Waals surface area contributed by atoms with E-state index in [1.54, 1.807) is 0 Å². The minimum atomic E-state index is -0.592. The van der Waals surface area contributed by atoms with Gasteiger partial charge < -0.3 is 15.2 Å². The number of rotatable bonds is 7. The molecule has 0 bridgehead atoms. The first-order valence-electron chi connectivity index (χ1n) is 6.97. The first kappa shape index (κ1) is 14.9. The molecule has 0 aliphatic heterocycles. The highest BCUT2D eigenvalue weighted by atomic mass is 16.5. The van der Waals surface area contributed by atoms with Gasteiger partial charge in [-0.2, -0.15) is 0 Å². The van der Waals surface area contributed by atoms with Gasteiger partial charge in [-0.1, -0.05) is 20.8 Å². The third kappa shape index (κ3) is 3.21. The Morgan fingerprint density at radius 2 is 2.06 bits per heavy atom. The smallest absolute Gasteiger partial charge is 0.0741 e. The van der Waals surface area contributed by atoms with Crippen molar-refractivity contribution in [2.75, 3.05) is 13.2 Å².